The van der Waals surface area contributed by atoms with Crippen LogP contribution >= 0.6 is 0 Å². The number of carboxylic acids is 1. The van der Waals surface area contributed by atoms with Crippen molar-refractivity contribution in [2.45, 2.75) is 26.2 Å². The second-order valence-corrected chi connectivity index (χ2v) is 6.33. The van der Waals surface area contributed by atoms with Crippen molar-refractivity contribution in [1.82, 2.24) is 5.32 Å². The minimum absolute atomic E-state index is 0.0383. The lowest BCUT2D eigenvalue weighted by Crippen LogP contribution is -2.25. The third kappa shape index (κ3) is 5.45. The number of nitrogens with one attached hydrogen (secondary N) is 1. The number of carbonyl (C=O) groups is 2. The van der Waals surface area contributed by atoms with E-state index in [1.807, 2.05) is 49.4 Å². The second-order valence-electron chi connectivity index (χ2n) is 6.33. The number of aryl methyl sites for hydroxylation is 1. The molecule has 0 aliphatic carbocycles. The fraction of sp³-hybridized carbons (Fsp3) is 0.286. The molecule has 0 spiro atoms. The molecule has 0 aliphatic heterocycles. The summed E-state index contributed by atoms with van der Waals surface area (Å²) in [5.41, 5.74) is 2.96. The van der Waals surface area contributed by atoms with E-state index in [4.69, 9.17) is 5.26 Å². The van der Waals surface area contributed by atoms with Crippen LogP contribution in [0.5, 0.6) is 0 Å². The van der Waals surface area contributed by atoms with Gasteiger partial charge in [-0.3, -0.25) is 4.79 Å². The summed E-state index contributed by atoms with van der Waals surface area (Å²) in [5.74, 6) is -0.852. The summed E-state index contributed by atoms with van der Waals surface area (Å²) in [4.78, 5) is 23.1. The topological polar surface area (TPSA) is 90.2 Å². The highest BCUT2D eigenvalue weighted by molar-refractivity contribution is 5.96. The van der Waals surface area contributed by atoms with Crippen molar-refractivity contribution in [3.8, 4) is 17.2 Å². The summed E-state index contributed by atoms with van der Waals surface area (Å²) in [6, 6.07) is 16.7. The van der Waals surface area contributed by atoms with Crippen molar-refractivity contribution in [3.63, 3.8) is 0 Å². The van der Waals surface area contributed by atoms with E-state index < -0.39 is 5.97 Å². The molecule has 0 aromatic heterocycles. The Balaban J connectivity index is 2.03. The Kier molecular flexibility index (Phi) is 6.92. The molecule has 0 bridgehead atoms. The molecule has 5 heteroatoms. The average molecular weight is 350 g/mol. The van der Waals surface area contributed by atoms with Gasteiger partial charge in [0.05, 0.1) is 11.6 Å². The molecule has 0 saturated heterocycles. The molecular weight excluding hydrogens is 328 g/mol. The van der Waals surface area contributed by atoms with Crippen molar-refractivity contribution >= 4 is 11.9 Å². The van der Waals surface area contributed by atoms with Crippen molar-refractivity contribution in [2.24, 2.45) is 5.92 Å². The van der Waals surface area contributed by atoms with Crippen LogP contribution in [0, 0.1) is 17.2 Å². The molecule has 0 saturated carbocycles. The maximum atomic E-state index is 11.6. The van der Waals surface area contributed by atoms with Gasteiger partial charge >= 0.3 is 5.97 Å². The van der Waals surface area contributed by atoms with E-state index in [0.717, 1.165) is 24.0 Å². The lowest BCUT2D eigenvalue weighted by molar-refractivity contribution is -0.121. The van der Waals surface area contributed by atoms with Gasteiger partial charge in [-0.1, -0.05) is 49.4 Å². The second kappa shape index (κ2) is 9.38. The third-order valence-electron chi connectivity index (χ3n) is 4.22. The van der Waals surface area contributed by atoms with Crippen LogP contribution in [0.15, 0.2) is 48.5 Å². The highest BCUT2D eigenvalue weighted by Crippen LogP contribution is 2.25. The van der Waals surface area contributed by atoms with Crippen molar-refractivity contribution in [1.29, 1.82) is 5.26 Å². The minimum Gasteiger partial charge on any atom is -0.478 e. The molecule has 26 heavy (non-hydrogen) atoms. The van der Waals surface area contributed by atoms with E-state index in [1.165, 1.54) is 0 Å². The van der Waals surface area contributed by atoms with Crippen molar-refractivity contribution in [2.75, 3.05) is 6.54 Å². The summed E-state index contributed by atoms with van der Waals surface area (Å²) in [6.07, 6.45) is 2.03. The molecule has 1 unspecified atom stereocenters. The molecular formula is C21H22N2O3. The van der Waals surface area contributed by atoms with Crippen LogP contribution in [0.1, 0.15) is 35.7 Å². The summed E-state index contributed by atoms with van der Waals surface area (Å²) in [5, 5.41) is 20.4. The van der Waals surface area contributed by atoms with E-state index in [9.17, 15) is 14.7 Å². The zero-order valence-corrected chi connectivity index (χ0v) is 14.7. The molecule has 0 heterocycles. The van der Waals surface area contributed by atoms with Crippen molar-refractivity contribution in [3.05, 3.63) is 59.7 Å². The average Bonchev–Trinajstić information content (AvgIpc) is 2.65. The van der Waals surface area contributed by atoms with Gasteiger partial charge in [-0.15, -0.1) is 0 Å². The first kappa shape index (κ1) is 19.2. The standard InChI is InChI=1S/C21H22N2O3/c1-15(13-20(24)23-12-11-22)9-10-16-5-4-6-17(14-16)18-7-2-3-8-19(18)21(25)26/h2-8,14-15H,9-10,12-13H2,1H3,(H,23,24)(H,25,26). The Labute approximate surface area is 153 Å². The Morgan fingerprint density at radius 2 is 1.96 bits per heavy atom. The fourth-order valence-corrected chi connectivity index (χ4v) is 2.86. The van der Waals surface area contributed by atoms with E-state index in [2.05, 4.69) is 5.32 Å². The molecule has 134 valence electrons. The summed E-state index contributed by atoms with van der Waals surface area (Å²) < 4.78 is 0. The Morgan fingerprint density at radius 1 is 1.19 bits per heavy atom. The van der Waals surface area contributed by atoms with Gasteiger partial charge in [-0.25, -0.2) is 4.79 Å². The largest absolute Gasteiger partial charge is 0.478 e. The highest BCUT2D eigenvalue weighted by atomic mass is 16.4. The van der Waals surface area contributed by atoms with Crippen LogP contribution in [0.3, 0.4) is 0 Å². The molecule has 0 fully saturated rings. The van der Waals surface area contributed by atoms with Crippen LogP contribution in [-0.4, -0.2) is 23.5 Å². The van der Waals surface area contributed by atoms with E-state index in [1.54, 1.807) is 12.1 Å². The molecule has 1 atom stereocenters. The van der Waals surface area contributed by atoms with Gasteiger partial charge in [0, 0.05) is 6.42 Å². The van der Waals surface area contributed by atoms with E-state index in [-0.39, 0.29) is 23.9 Å². The third-order valence-corrected chi connectivity index (χ3v) is 4.22. The first-order valence-electron chi connectivity index (χ1n) is 8.56. The van der Waals surface area contributed by atoms with E-state index in [0.29, 0.717) is 12.0 Å². The molecule has 5 nitrogen and oxygen atoms in total. The van der Waals surface area contributed by atoms with Crippen LogP contribution < -0.4 is 5.32 Å². The fourth-order valence-electron chi connectivity index (χ4n) is 2.86. The predicted molar refractivity (Wildman–Crippen MR) is 99.6 cm³/mol. The van der Waals surface area contributed by atoms with Crippen LogP contribution in [0.25, 0.3) is 11.1 Å². The highest BCUT2D eigenvalue weighted by Gasteiger charge is 2.12. The Hall–Kier alpha value is -3.13. The molecule has 2 N–H and O–H groups in total. The molecule has 0 aliphatic rings. The van der Waals surface area contributed by atoms with Gasteiger partial charge in [0.15, 0.2) is 0 Å². The number of benzene rings is 2. The zero-order valence-electron chi connectivity index (χ0n) is 14.7. The normalized spacial score (nSPS) is 11.4. The minimum atomic E-state index is -0.942. The molecule has 0 radical (unpaired) electrons. The first-order chi connectivity index (χ1) is 12.5. The summed E-state index contributed by atoms with van der Waals surface area (Å²) in [7, 11) is 0. The molecule has 1 amide bonds. The van der Waals surface area contributed by atoms with Gasteiger partial charge in [-0.05, 0) is 41.5 Å². The van der Waals surface area contributed by atoms with Gasteiger partial charge < -0.3 is 10.4 Å². The quantitative estimate of drug-likeness (QED) is 0.711. The Bertz CT molecular complexity index is 824. The number of amides is 1. The lowest BCUT2D eigenvalue weighted by Gasteiger charge is -2.12. The maximum absolute atomic E-state index is 11.6. The number of carboxylic acid groups (broad SMARTS) is 1. The van der Waals surface area contributed by atoms with Gasteiger partial charge in [0.25, 0.3) is 0 Å². The SMILES string of the molecule is CC(CCc1cccc(-c2ccccc2C(=O)O)c1)CC(=O)NCC#N. The molecule has 2 rings (SSSR count). The van der Waals surface area contributed by atoms with Gasteiger partial charge in [-0.2, -0.15) is 5.26 Å². The van der Waals surface area contributed by atoms with E-state index >= 15 is 0 Å². The maximum Gasteiger partial charge on any atom is 0.336 e. The predicted octanol–water partition coefficient (Wildman–Crippen LogP) is 3.65. The number of aromatic carboxylic acids is 1. The zero-order chi connectivity index (χ0) is 18.9. The van der Waals surface area contributed by atoms with Crippen molar-refractivity contribution < 1.29 is 14.7 Å². The number of hydrogen-bond donors (Lipinski definition) is 2. The Morgan fingerprint density at radius 3 is 2.69 bits per heavy atom. The monoisotopic (exact) mass is 350 g/mol. The van der Waals surface area contributed by atoms with Gasteiger partial charge in [0.1, 0.15) is 6.54 Å². The van der Waals surface area contributed by atoms with Crippen LogP contribution in [-0.2, 0) is 11.2 Å². The van der Waals surface area contributed by atoms with Crippen LogP contribution in [0.2, 0.25) is 0 Å². The number of rotatable bonds is 8. The lowest BCUT2D eigenvalue weighted by atomic mass is 9.94. The summed E-state index contributed by atoms with van der Waals surface area (Å²) >= 11 is 0. The number of carbonyl (C=O) groups excluding carboxylic acids is 1. The molecule has 2 aromatic carbocycles. The van der Waals surface area contributed by atoms with Crippen LogP contribution in [0.4, 0.5) is 0 Å². The van der Waals surface area contributed by atoms with Gasteiger partial charge in [0.2, 0.25) is 5.91 Å². The molecule has 2 aromatic rings. The number of nitriles is 1. The summed E-state index contributed by atoms with van der Waals surface area (Å²) in [6.45, 7) is 2.05. The number of nitrogens with zero attached hydrogens (tertiary/aromatic N) is 1. The smallest absolute Gasteiger partial charge is 0.336 e. The number of hydrogen-bond acceptors (Lipinski definition) is 3. The first-order valence-corrected chi connectivity index (χ1v) is 8.56.